The number of hydrogen-bond donors (Lipinski definition) is 0. The summed E-state index contributed by atoms with van der Waals surface area (Å²) < 4.78 is 17.2. The molecule has 7 heteroatoms. The highest BCUT2D eigenvalue weighted by Crippen LogP contribution is 2.39. The Morgan fingerprint density at radius 1 is 1.29 bits per heavy atom. The van der Waals surface area contributed by atoms with Crippen molar-refractivity contribution in [2.24, 2.45) is 0 Å². The van der Waals surface area contributed by atoms with Crippen LogP contribution >= 0.6 is 27.5 Å². The number of amides is 1. The van der Waals surface area contributed by atoms with Crippen LogP contribution in [-0.2, 0) is 0 Å². The summed E-state index contributed by atoms with van der Waals surface area (Å²) in [6.07, 6.45) is 0. The second-order valence-electron chi connectivity index (χ2n) is 5.22. The molecule has 5 nitrogen and oxygen atoms in total. The Morgan fingerprint density at radius 2 is 2.04 bits per heavy atom. The maximum Gasteiger partial charge on any atom is 0.253 e. The van der Waals surface area contributed by atoms with E-state index in [0.717, 1.165) is 10.2 Å². The van der Waals surface area contributed by atoms with E-state index >= 15 is 0 Å². The maximum atomic E-state index is 12.5. The second-order valence-corrected chi connectivity index (χ2v) is 6.54. The van der Waals surface area contributed by atoms with E-state index in [1.807, 2.05) is 24.3 Å². The normalized spacial score (nSPS) is 12.1. The molecule has 0 radical (unpaired) electrons. The van der Waals surface area contributed by atoms with Gasteiger partial charge in [-0.3, -0.25) is 4.79 Å². The standard InChI is InChI=1S/C17H15BrClNO4/c1-20(6-7-22-13-4-2-12(18)3-5-13)17(21)11-8-14(19)16-15(9-11)23-10-24-16/h2-5,8-9H,6-7,10H2,1H3. The van der Waals surface area contributed by atoms with E-state index < -0.39 is 0 Å². The number of ether oxygens (including phenoxy) is 3. The van der Waals surface area contributed by atoms with E-state index in [2.05, 4.69) is 15.9 Å². The SMILES string of the molecule is CN(CCOc1ccc(Br)cc1)C(=O)c1cc(Cl)c2c(c1)OCO2. The van der Waals surface area contributed by atoms with Crippen molar-refractivity contribution in [3.8, 4) is 17.2 Å². The minimum absolute atomic E-state index is 0.115. The molecule has 1 aliphatic heterocycles. The van der Waals surface area contributed by atoms with Gasteiger partial charge in [0.15, 0.2) is 11.5 Å². The predicted molar refractivity (Wildman–Crippen MR) is 94.2 cm³/mol. The van der Waals surface area contributed by atoms with Gasteiger partial charge in [0, 0.05) is 17.1 Å². The number of carbonyl (C=O) groups excluding carboxylic acids is 1. The zero-order valence-corrected chi connectivity index (χ0v) is 15.3. The molecule has 0 saturated heterocycles. The molecule has 1 aliphatic rings. The summed E-state index contributed by atoms with van der Waals surface area (Å²) in [4.78, 5) is 14.1. The van der Waals surface area contributed by atoms with Crippen molar-refractivity contribution in [2.75, 3.05) is 27.0 Å². The van der Waals surface area contributed by atoms with E-state index in [1.54, 1.807) is 24.1 Å². The number of carbonyl (C=O) groups is 1. The molecule has 2 aromatic carbocycles. The van der Waals surface area contributed by atoms with E-state index in [1.165, 1.54) is 0 Å². The highest BCUT2D eigenvalue weighted by molar-refractivity contribution is 9.10. The van der Waals surface area contributed by atoms with E-state index in [-0.39, 0.29) is 12.7 Å². The maximum absolute atomic E-state index is 12.5. The summed E-state index contributed by atoms with van der Waals surface area (Å²) in [6, 6.07) is 10.8. The first-order valence-electron chi connectivity index (χ1n) is 7.27. The summed E-state index contributed by atoms with van der Waals surface area (Å²) in [5.74, 6) is 1.57. The number of rotatable bonds is 5. The number of benzene rings is 2. The van der Waals surface area contributed by atoms with E-state index in [0.29, 0.717) is 35.2 Å². The molecule has 0 aromatic heterocycles. The largest absolute Gasteiger partial charge is 0.492 e. The highest BCUT2D eigenvalue weighted by atomic mass is 79.9. The molecular weight excluding hydrogens is 398 g/mol. The Morgan fingerprint density at radius 3 is 2.79 bits per heavy atom. The average molecular weight is 413 g/mol. The van der Waals surface area contributed by atoms with Crippen molar-refractivity contribution in [3.05, 3.63) is 51.5 Å². The van der Waals surface area contributed by atoms with E-state index in [9.17, 15) is 4.79 Å². The fourth-order valence-corrected chi connectivity index (χ4v) is 2.77. The van der Waals surface area contributed by atoms with Crippen molar-refractivity contribution in [1.29, 1.82) is 0 Å². The van der Waals surface area contributed by atoms with Crippen molar-refractivity contribution < 1.29 is 19.0 Å². The molecule has 0 atom stereocenters. The monoisotopic (exact) mass is 411 g/mol. The number of halogens is 2. The second kappa shape index (κ2) is 7.32. The van der Waals surface area contributed by atoms with Crippen molar-refractivity contribution >= 4 is 33.4 Å². The van der Waals surface area contributed by atoms with Crippen LogP contribution in [0.25, 0.3) is 0 Å². The molecule has 0 bridgehead atoms. The molecule has 1 amide bonds. The average Bonchev–Trinajstić information content (AvgIpc) is 3.05. The fraction of sp³-hybridized carbons (Fsp3) is 0.235. The van der Waals surface area contributed by atoms with Crippen LogP contribution < -0.4 is 14.2 Å². The number of hydrogen-bond acceptors (Lipinski definition) is 4. The molecule has 0 N–H and O–H groups in total. The van der Waals surface area contributed by atoms with Gasteiger partial charge in [0.05, 0.1) is 11.6 Å². The first kappa shape index (κ1) is 16.9. The molecule has 0 unspecified atom stereocenters. The molecule has 0 spiro atoms. The minimum atomic E-state index is -0.158. The molecule has 0 saturated carbocycles. The summed E-state index contributed by atoms with van der Waals surface area (Å²) >= 11 is 9.49. The van der Waals surface area contributed by atoms with Gasteiger partial charge in [0.25, 0.3) is 5.91 Å². The first-order chi connectivity index (χ1) is 11.5. The molecule has 126 valence electrons. The van der Waals surface area contributed by atoms with Crippen LogP contribution in [0.5, 0.6) is 17.2 Å². The van der Waals surface area contributed by atoms with Crippen LogP contribution in [0.1, 0.15) is 10.4 Å². The van der Waals surface area contributed by atoms with Gasteiger partial charge in [-0.2, -0.15) is 0 Å². The van der Waals surface area contributed by atoms with Crippen LogP contribution in [0.4, 0.5) is 0 Å². The number of fused-ring (bicyclic) bond motifs is 1. The number of likely N-dealkylation sites (N-methyl/N-ethyl adjacent to an activating group) is 1. The predicted octanol–water partition coefficient (Wildman–Crippen LogP) is 3.98. The lowest BCUT2D eigenvalue weighted by Crippen LogP contribution is -2.30. The summed E-state index contributed by atoms with van der Waals surface area (Å²) in [5, 5.41) is 0.368. The van der Waals surface area contributed by atoms with Gasteiger partial charge in [-0.15, -0.1) is 0 Å². The zero-order valence-electron chi connectivity index (χ0n) is 12.9. The van der Waals surface area contributed by atoms with Crippen molar-refractivity contribution in [2.45, 2.75) is 0 Å². The van der Waals surface area contributed by atoms with E-state index in [4.69, 9.17) is 25.8 Å². The van der Waals surface area contributed by atoms with Crippen LogP contribution in [-0.4, -0.2) is 37.8 Å². The van der Waals surface area contributed by atoms with Crippen LogP contribution in [0.3, 0.4) is 0 Å². The smallest absolute Gasteiger partial charge is 0.253 e. The van der Waals surface area contributed by atoms with Crippen LogP contribution in [0, 0.1) is 0 Å². The number of nitrogens with zero attached hydrogens (tertiary/aromatic N) is 1. The molecule has 3 rings (SSSR count). The molecule has 2 aromatic rings. The third-order valence-electron chi connectivity index (χ3n) is 3.53. The van der Waals surface area contributed by atoms with Gasteiger partial charge in [-0.25, -0.2) is 0 Å². The summed E-state index contributed by atoms with van der Waals surface area (Å²) in [6.45, 7) is 0.951. The topological polar surface area (TPSA) is 48.0 Å². The van der Waals surface area contributed by atoms with Crippen LogP contribution in [0.2, 0.25) is 5.02 Å². The molecule has 0 aliphatic carbocycles. The Labute approximate surface area is 153 Å². The fourth-order valence-electron chi connectivity index (χ4n) is 2.24. The quantitative estimate of drug-likeness (QED) is 0.745. The Bertz CT molecular complexity index is 751. The Hall–Kier alpha value is -1.92. The lowest BCUT2D eigenvalue weighted by molar-refractivity contribution is 0.0773. The molecule has 24 heavy (non-hydrogen) atoms. The lowest BCUT2D eigenvalue weighted by atomic mass is 10.2. The van der Waals surface area contributed by atoms with Gasteiger partial charge in [0.2, 0.25) is 6.79 Å². The zero-order chi connectivity index (χ0) is 17.1. The summed E-state index contributed by atoms with van der Waals surface area (Å²) in [7, 11) is 1.71. The van der Waals surface area contributed by atoms with Gasteiger partial charge in [0.1, 0.15) is 12.4 Å². The third-order valence-corrected chi connectivity index (χ3v) is 4.34. The highest BCUT2D eigenvalue weighted by Gasteiger charge is 2.22. The van der Waals surface area contributed by atoms with Gasteiger partial charge in [-0.05, 0) is 36.4 Å². The van der Waals surface area contributed by atoms with Crippen LogP contribution in [0.15, 0.2) is 40.9 Å². The van der Waals surface area contributed by atoms with Crippen molar-refractivity contribution in [3.63, 3.8) is 0 Å². The first-order valence-corrected chi connectivity index (χ1v) is 8.44. The molecular formula is C17H15BrClNO4. The lowest BCUT2D eigenvalue weighted by Gasteiger charge is -2.18. The Kier molecular flexibility index (Phi) is 5.16. The Balaban J connectivity index is 1.59. The van der Waals surface area contributed by atoms with Gasteiger partial charge < -0.3 is 19.1 Å². The summed E-state index contributed by atoms with van der Waals surface area (Å²) in [5.41, 5.74) is 0.454. The van der Waals surface area contributed by atoms with Crippen molar-refractivity contribution in [1.82, 2.24) is 4.90 Å². The van der Waals surface area contributed by atoms with Gasteiger partial charge >= 0.3 is 0 Å². The minimum Gasteiger partial charge on any atom is -0.492 e. The van der Waals surface area contributed by atoms with Gasteiger partial charge in [-0.1, -0.05) is 27.5 Å². The molecule has 1 heterocycles. The third kappa shape index (κ3) is 3.76. The molecule has 0 fully saturated rings.